The van der Waals surface area contributed by atoms with Gasteiger partial charge in [-0.2, -0.15) is 4.98 Å². The molecule has 1 amide bonds. The number of amides is 1. The van der Waals surface area contributed by atoms with Crippen molar-refractivity contribution < 1.29 is 4.79 Å². The first-order valence-electron chi connectivity index (χ1n) is 12.2. The number of hydrogen-bond donors (Lipinski definition) is 1. The topological polar surface area (TPSA) is 64.6 Å². The summed E-state index contributed by atoms with van der Waals surface area (Å²) in [6.07, 6.45) is 7.14. The van der Waals surface area contributed by atoms with Crippen molar-refractivity contribution in [3.05, 3.63) is 46.1 Å². The summed E-state index contributed by atoms with van der Waals surface area (Å²) < 4.78 is 0. The average Bonchev–Trinajstić information content (AvgIpc) is 3.52. The number of nitrogens with one attached hydrogen (secondary N) is 1. The van der Waals surface area contributed by atoms with Crippen LogP contribution in [0.2, 0.25) is 10.0 Å². The van der Waals surface area contributed by atoms with E-state index in [2.05, 4.69) is 25.0 Å². The highest BCUT2D eigenvalue weighted by molar-refractivity contribution is 6.35. The maximum atomic E-state index is 12.8. The number of benzene rings is 1. The monoisotopic (exact) mass is 502 g/mol. The van der Waals surface area contributed by atoms with Gasteiger partial charge in [-0.05, 0) is 67.8 Å². The number of halogens is 2. The largest absolute Gasteiger partial charge is 0.355 e. The first kappa shape index (κ1) is 23.6. The van der Waals surface area contributed by atoms with Crippen LogP contribution in [0.5, 0.6) is 0 Å². The third kappa shape index (κ3) is 4.97. The molecule has 2 aromatic rings. The third-order valence-corrected chi connectivity index (χ3v) is 8.24. The molecule has 3 fully saturated rings. The fourth-order valence-electron chi connectivity index (χ4n) is 5.52. The number of aromatic nitrogens is 2. The van der Waals surface area contributed by atoms with E-state index in [1.165, 1.54) is 0 Å². The van der Waals surface area contributed by atoms with Gasteiger partial charge in [-0.1, -0.05) is 29.3 Å². The molecule has 1 spiro atoms. The highest BCUT2D eigenvalue weighted by atomic mass is 35.5. The predicted molar refractivity (Wildman–Crippen MR) is 137 cm³/mol. The minimum atomic E-state index is 0.0334. The minimum Gasteiger partial charge on any atom is -0.355 e. The Morgan fingerprint density at radius 1 is 1.21 bits per heavy atom. The summed E-state index contributed by atoms with van der Waals surface area (Å²) in [6.45, 7) is 5.21. The fourth-order valence-corrected chi connectivity index (χ4v) is 5.99. The van der Waals surface area contributed by atoms with Gasteiger partial charge >= 0.3 is 0 Å². The minimum absolute atomic E-state index is 0.0334. The lowest BCUT2D eigenvalue weighted by molar-refractivity contribution is -0.132. The van der Waals surface area contributed by atoms with Crippen molar-refractivity contribution in [1.29, 1.82) is 0 Å². The molecule has 7 nitrogen and oxygen atoms in total. The Labute approximate surface area is 211 Å². The molecule has 1 aromatic heterocycles. The van der Waals surface area contributed by atoms with Crippen molar-refractivity contribution in [2.75, 3.05) is 49.6 Å². The number of carbonyl (C=O) groups is 1. The summed E-state index contributed by atoms with van der Waals surface area (Å²) in [6, 6.07) is 7.53. The molecule has 9 heteroatoms. The third-order valence-electron chi connectivity index (χ3n) is 7.66. The Morgan fingerprint density at radius 3 is 2.74 bits per heavy atom. The van der Waals surface area contributed by atoms with Gasteiger partial charge in [0.15, 0.2) is 0 Å². The summed E-state index contributed by atoms with van der Waals surface area (Å²) in [5.41, 5.74) is 1.24. The molecule has 182 valence electrons. The van der Waals surface area contributed by atoms with Gasteiger partial charge in [0, 0.05) is 56.0 Å². The molecule has 0 aliphatic carbocycles. The van der Waals surface area contributed by atoms with Crippen molar-refractivity contribution in [2.45, 2.75) is 44.7 Å². The molecule has 1 atom stereocenters. The number of likely N-dealkylation sites (tertiary alicyclic amines) is 1. The smallest absolute Gasteiger partial charge is 0.239 e. The van der Waals surface area contributed by atoms with E-state index in [4.69, 9.17) is 28.2 Å². The SMILES string of the molecule is CN(Cc1ccc(Cl)cc1Cl)c1ccnc(N2CCC3(CCN(C(=O)C4CCCN4)C3)CC2)n1. The second kappa shape index (κ2) is 9.88. The lowest BCUT2D eigenvalue weighted by Crippen LogP contribution is -2.46. The number of carbonyl (C=O) groups excluding carboxylic acids is 1. The number of hydrogen-bond acceptors (Lipinski definition) is 6. The van der Waals surface area contributed by atoms with Crippen LogP contribution in [-0.2, 0) is 11.3 Å². The summed E-state index contributed by atoms with van der Waals surface area (Å²) in [4.78, 5) is 28.7. The van der Waals surface area contributed by atoms with Gasteiger partial charge < -0.3 is 20.0 Å². The second-order valence-electron chi connectivity index (χ2n) is 9.95. The Hall–Kier alpha value is -2.09. The Kier molecular flexibility index (Phi) is 6.87. The summed E-state index contributed by atoms with van der Waals surface area (Å²) in [5.74, 6) is 1.93. The van der Waals surface area contributed by atoms with Crippen LogP contribution in [-0.4, -0.2) is 66.6 Å². The molecule has 4 heterocycles. The zero-order chi connectivity index (χ0) is 23.7. The molecule has 3 aliphatic heterocycles. The number of rotatable bonds is 5. The van der Waals surface area contributed by atoms with Crippen molar-refractivity contribution in [1.82, 2.24) is 20.2 Å². The molecular formula is C25H32Cl2N6O. The first-order chi connectivity index (χ1) is 16.4. The number of nitrogens with zero attached hydrogens (tertiary/aromatic N) is 5. The predicted octanol–water partition coefficient (Wildman–Crippen LogP) is 3.99. The number of piperidine rings is 1. The van der Waals surface area contributed by atoms with E-state index >= 15 is 0 Å². The molecule has 1 N–H and O–H groups in total. The normalized spacial score (nSPS) is 21.9. The van der Waals surface area contributed by atoms with Crippen LogP contribution in [0.4, 0.5) is 11.8 Å². The van der Waals surface area contributed by atoms with E-state index in [1.807, 2.05) is 31.4 Å². The van der Waals surface area contributed by atoms with Gasteiger partial charge in [-0.15, -0.1) is 0 Å². The molecule has 3 saturated heterocycles. The van der Waals surface area contributed by atoms with Crippen molar-refractivity contribution in [3.8, 4) is 0 Å². The van der Waals surface area contributed by atoms with E-state index in [0.29, 0.717) is 22.5 Å². The first-order valence-corrected chi connectivity index (χ1v) is 12.9. The lowest BCUT2D eigenvalue weighted by Gasteiger charge is -2.39. The average molecular weight is 503 g/mol. The van der Waals surface area contributed by atoms with Crippen LogP contribution in [0.3, 0.4) is 0 Å². The number of anilines is 2. The Morgan fingerprint density at radius 2 is 2.00 bits per heavy atom. The van der Waals surface area contributed by atoms with E-state index in [1.54, 1.807) is 6.07 Å². The van der Waals surface area contributed by atoms with Gasteiger partial charge in [0.1, 0.15) is 5.82 Å². The van der Waals surface area contributed by atoms with Gasteiger partial charge in [-0.3, -0.25) is 4.79 Å². The molecule has 34 heavy (non-hydrogen) atoms. The van der Waals surface area contributed by atoms with Gasteiger partial charge in [0.05, 0.1) is 6.04 Å². The van der Waals surface area contributed by atoms with Crippen molar-refractivity contribution in [3.63, 3.8) is 0 Å². The highest BCUT2D eigenvalue weighted by Gasteiger charge is 2.43. The van der Waals surface area contributed by atoms with Crippen LogP contribution >= 0.6 is 23.2 Å². The van der Waals surface area contributed by atoms with Crippen molar-refractivity contribution >= 4 is 40.9 Å². The quantitative estimate of drug-likeness (QED) is 0.666. The Balaban J connectivity index is 1.19. The zero-order valence-corrected chi connectivity index (χ0v) is 21.2. The van der Waals surface area contributed by atoms with E-state index in [0.717, 1.165) is 82.2 Å². The molecule has 5 rings (SSSR count). The summed E-state index contributed by atoms with van der Waals surface area (Å²) >= 11 is 12.4. The fraction of sp³-hybridized carbons (Fsp3) is 0.560. The van der Waals surface area contributed by atoms with E-state index in [9.17, 15) is 4.79 Å². The summed E-state index contributed by atoms with van der Waals surface area (Å²) in [5, 5.41) is 4.64. The standard InChI is InChI=1S/C25H32Cl2N6O/c1-31(16-18-4-5-19(26)15-20(18)27)22-6-11-29-24(30-22)32-12-7-25(8-13-32)9-14-33(17-25)23(34)21-3-2-10-28-21/h4-6,11,15,21,28H,2-3,7-10,12-14,16-17H2,1H3. The van der Waals surface area contributed by atoms with Gasteiger partial charge in [0.2, 0.25) is 11.9 Å². The maximum absolute atomic E-state index is 12.8. The Bertz CT molecular complexity index is 1040. The second-order valence-corrected chi connectivity index (χ2v) is 10.8. The van der Waals surface area contributed by atoms with Crippen LogP contribution in [0.25, 0.3) is 0 Å². The van der Waals surface area contributed by atoms with E-state index in [-0.39, 0.29) is 11.5 Å². The molecule has 1 unspecified atom stereocenters. The van der Waals surface area contributed by atoms with E-state index < -0.39 is 0 Å². The lowest BCUT2D eigenvalue weighted by atomic mass is 9.78. The summed E-state index contributed by atoms with van der Waals surface area (Å²) in [7, 11) is 2.01. The van der Waals surface area contributed by atoms with Crippen LogP contribution < -0.4 is 15.1 Å². The molecule has 1 aromatic carbocycles. The van der Waals surface area contributed by atoms with Crippen LogP contribution in [0.15, 0.2) is 30.5 Å². The molecule has 0 saturated carbocycles. The maximum Gasteiger partial charge on any atom is 0.239 e. The van der Waals surface area contributed by atoms with Crippen LogP contribution in [0, 0.1) is 5.41 Å². The highest BCUT2D eigenvalue weighted by Crippen LogP contribution is 2.41. The molecule has 0 radical (unpaired) electrons. The van der Waals surface area contributed by atoms with Crippen molar-refractivity contribution in [2.24, 2.45) is 5.41 Å². The molecule has 0 bridgehead atoms. The molecular weight excluding hydrogens is 471 g/mol. The van der Waals surface area contributed by atoms with Crippen LogP contribution in [0.1, 0.15) is 37.7 Å². The zero-order valence-electron chi connectivity index (χ0n) is 19.6. The van der Waals surface area contributed by atoms with Gasteiger partial charge in [0.25, 0.3) is 0 Å². The van der Waals surface area contributed by atoms with Gasteiger partial charge in [-0.25, -0.2) is 4.98 Å². The molecule has 3 aliphatic rings.